The Balaban J connectivity index is 2.43. The zero-order valence-corrected chi connectivity index (χ0v) is 64.7. The number of thioether (sulfide) groups is 1. The van der Waals surface area contributed by atoms with Crippen LogP contribution in [0.1, 0.15) is 144 Å². The lowest BCUT2D eigenvalue weighted by molar-refractivity contribution is -0.145. The third kappa shape index (κ3) is 35.9. The first-order chi connectivity index (χ1) is 51.9. The molecule has 2 rings (SSSR count). The van der Waals surface area contributed by atoms with Crippen LogP contribution in [0.4, 0.5) is 0 Å². The third-order valence-corrected chi connectivity index (χ3v) is 18.3. The number of rotatable bonds is 53. The minimum Gasteiger partial charge on any atom is -0.481 e. The molecule has 14 atom stereocenters. The number of nitrogens with two attached hydrogens (primary N) is 3. The van der Waals surface area contributed by atoms with Crippen molar-refractivity contribution in [3.8, 4) is 0 Å². The Bertz CT molecular complexity index is 3280. The summed E-state index contributed by atoms with van der Waals surface area (Å²) in [7, 11) is 0. The van der Waals surface area contributed by atoms with Crippen LogP contribution >= 0.6 is 24.4 Å². The summed E-state index contributed by atoms with van der Waals surface area (Å²) in [5, 5.41) is 87.2. The number of carboxylic acids is 3. The number of nitrogens with one attached hydrogen (secondary N) is 11. The summed E-state index contributed by atoms with van der Waals surface area (Å²) in [4.78, 5) is 221. The lowest BCUT2D eigenvalue weighted by Gasteiger charge is -2.31. The van der Waals surface area contributed by atoms with Gasteiger partial charge in [0, 0.05) is 56.0 Å². The number of benzene rings is 1. The van der Waals surface area contributed by atoms with Gasteiger partial charge in [0.2, 0.25) is 70.9 Å². The molecule has 0 aromatic heterocycles. The van der Waals surface area contributed by atoms with Gasteiger partial charge in [-0.1, -0.05) is 65.0 Å². The van der Waals surface area contributed by atoms with Crippen LogP contribution in [0, 0.1) is 11.8 Å². The van der Waals surface area contributed by atoms with E-state index in [-0.39, 0.29) is 108 Å². The first kappa shape index (κ1) is 96.6. The molecule has 39 nitrogen and oxygen atoms in total. The van der Waals surface area contributed by atoms with Crippen molar-refractivity contribution in [3.05, 3.63) is 35.9 Å². The predicted octanol–water partition coefficient (Wildman–Crippen LogP) is -4.99. The van der Waals surface area contributed by atoms with Crippen LogP contribution in [0.3, 0.4) is 0 Å². The van der Waals surface area contributed by atoms with Crippen LogP contribution in [-0.2, 0) is 87.9 Å². The highest BCUT2D eigenvalue weighted by atomic mass is 32.2. The van der Waals surface area contributed by atoms with E-state index in [1.807, 2.05) is 6.92 Å². The first-order valence-corrected chi connectivity index (χ1v) is 38.1. The number of aliphatic hydroxyl groups is 3. The zero-order valence-electron chi connectivity index (χ0n) is 63.0. The molecule has 110 heavy (non-hydrogen) atoms. The normalized spacial score (nSPS) is 16.1. The summed E-state index contributed by atoms with van der Waals surface area (Å²) >= 11 is 5.58. The Morgan fingerprint density at radius 3 is 1.68 bits per heavy atom. The maximum atomic E-state index is 14.7. The van der Waals surface area contributed by atoms with Gasteiger partial charge in [-0.15, -0.1) is 0 Å². The van der Waals surface area contributed by atoms with Gasteiger partial charge in [0.15, 0.2) is 12.0 Å². The number of guanidine groups is 1. The van der Waals surface area contributed by atoms with E-state index in [2.05, 4.69) is 76.1 Å². The molecule has 1 fully saturated rings. The molecule has 0 spiro atoms. The van der Waals surface area contributed by atoms with Gasteiger partial charge in [0.05, 0.1) is 25.2 Å². The molecule has 0 saturated carbocycles. The monoisotopic (exact) mass is 1600 g/mol. The minimum atomic E-state index is -1.91. The van der Waals surface area contributed by atoms with Crippen molar-refractivity contribution in [1.82, 2.24) is 63.4 Å². The average Bonchev–Trinajstić information content (AvgIpc) is 1.60. The van der Waals surface area contributed by atoms with Gasteiger partial charge in [-0.3, -0.25) is 76.9 Å². The molecule has 12 amide bonds. The van der Waals surface area contributed by atoms with E-state index in [9.17, 15) is 107 Å². The molecule has 0 unspecified atom stereocenters. The Hall–Kier alpha value is -9.45. The van der Waals surface area contributed by atoms with E-state index >= 15 is 0 Å². The molecule has 23 N–H and O–H groups in total. The van der Waals surface area contributed by atoms with Crippen LogP contribution in [0.25, 0.3) is 0 Å². The number of aliphatic imine (C=N–C) groups is 1. The number of carbonyl (C=O) groups is 16. The van der Waals surface area contributed by atoms with Crippen molar-refractivity contribution in [2.24, 2.45) is 34.0 Å². The molecule has 0 bridgehead atoms. The zero-order chi connectivity index (χ0) is 82.9. The molecule has 1 saturated heterocycles. The van der Waals surface area contributed by atoms with Crippen molar-refractivity contribution < 1.29 is 112 Å². The van der Waals surface area contributed by atoms with Gasteiger partial charge in [-0.25, -0.2) is 4.79 Å². The smallest absolute Gasteiger partial charge is 0.328 e. The Morgan fingerprint density at radius 1 is 0.582 bits per heavy atom. The van der Waals surface area contributed by atoms with E-state index in [0.29, 0.717) is 29.9 Å². The number of likely N-dealkylation sites (tertiary alicyclic amines) is 1. The quantitative estimate of drug-likeness (QED) is 0.00955. The standard InChI is InChI=1S/C69H112N16O23S2/c1-8-16-53(94)108-28-30-110-29-24-50(89)82-54(37(4)5)65(103)79-46(33-52(92)93)61(99)81-48(35-109)63(101)78-45(32-40-17-10-9-11-18-40)60(98)77-44(31-36(2)3)59(97)80-47(34-86)62(100)76-43(20-14-26-73-69(71)72)67(105)85-27-15-21-49(85)64(102)83-55(38(6)87)66(104)75-42(22-23-51(90)91)57(95)74-41(19-12-13-25-70)58(96)84-56(39(7)88)68(106)107/h9-11,17-18,36-39,41-49,54-56,86-88,109H,8,12-16,19-35,70H2,1-7H3,(H,74,95)(H,75,104)(H,76,100)(H,77,98)(H,78,101)(H,79,103)(H,80,97)(H,81,99)(H,82,89)(H,83,102)(H,84,96)(H,90,91)(H,92,93)(H,106,107)(H4,71,72,73)/t38-,39-,41+,42+,43+,44+,45+,46+,47+,48+,49+,54+,55+,56+/m1/s1. The van der Waals surface area contributed by atoms with Gasteiger partial charge >= 0.3 is 23.9 Å². The third-order valence-electron chi connectivity index (χ3n) is 16.9. The number of ether oxygens (including phenoxy) is 1. The maximum absolute atomic E-state index is 14.7. The van der Waals surface area contributed by atoms with E-state index in [0.717, 1.165) is 18.7 Å². The molecule has 1 aliphatic heterocycles. The fourth-order valence-corrected chi connectivity index (χ4v) is 12.1. The van der Waals surface area contributed by atoms with Crippen molar-refractivity contribution in [3.63, 3.8) is 0 Å². The molecular formula is C69H112N16O23S2. The Morgan fingerprint density at radius 2 is 1.11 bits per heavy atom. The highest BCUT2D eigenvalue weighted by molar-refractivity contribution is 7.99. The molecule has 0 radical (unpaired) electrons. The molecule has 618 valence electrons. The highest BCUT2D eigenvalue weighted by Crippen LogP contribution is 2.21. The van der Waals surface area contributed by atoms with Gasteiger partial charge in [-0.2, -0.15) is 24.4 Å². The SMILES string of the molecule is CCCC(=O)OCCSCCC(=O)N[C@H](C(=O)N[C@@H](CC(=O)O)C(=O)N[C@@H](CS)C(=O)N[C@@H](Cc1ccccc1)C(=O)N[C@@H](CC(C)C)C(=O)N[C@@H](CO)C(=O)N[C@@H](CCCN=C(N)N)C(=O)N1CCC[C@H]1C(=O)N[C@H](C(=O)N[C@@H](CCC(=O)O)C(=O)N[C@@H](CCCCN)C(=O)N[C@H](C(=O)O)[C@@H](C)O)[C@@H](C)O)C(C)C. The average molecular weight is 1600 g/mol. The Labute approximate surface area is 647 Å². The summed E-state index contributed by atoms with van der Waals surface area (Å²) < 4.78 is 5.11. The lowest BCUT2D eigenvalue weighted by atomic mass is 10.0. The Kier molecular flexibility index (Phi) is 44.9. The minimum absolute atomic E-state index is 0.000590. The molecule has 0 aliphatic carbocycles. The number of aliphatic hydroxyl groups excluding tert-OH is 3. The molecular weight excluding hydrogens is 1480 g/mol. The van der Waals surface area contributed by atoms with E-state index < -0.39 is 211 Å². The number of esters is 1. The van der Waals surface area contributed by atoms with Crippen molar-refractivity contribution in [2.45, 2.75) is 229 Å². The van der Waals surface area contributed by atoms with Crippen LogP contribution in [0.15, 0.2) is 35.3 Å². The van der Waals surface area contributed by atoms with Crippen molar-refractivity contribution in [1.29, 1.82) is 0 Å². The first-order valence-electron chi connectivity index (χ1n) is 36.3. The van der Waals surface area contributed by atoms with E-state index in [1.54, 1.807) is 58.0 Å². The summed E-state index contributed by atoms with van der Waals surface area (Å²) in [5.41, 5.74) is 17.2. The number of unbranched alkanes of at least 4 members (excludes halogenated alkanes) is 1. The molecule has 1 aromatic carbocycles. The molecule has 1 aliphatic rings. The second-order valence-electron chi connectivity index (χ2n) is 27.0. The van der Waals surface area contributed by atoms with Crippen molar-refractivity contribution >= 4 is 125 Å². The maximum Gasteiger partial charge on any atom is 0.328 e. The largest absolute Gasteiger partial charge is 0.481 e. The lowest BCUT2D eigenvalue weighted by Crippen LogP contribution is -2.62. The summed E-state index contributed by atoms with van der Waals surface area (Å²) in [6.07, 6.45) is -4.88. The van der Waals surface area contributed by atoms with E-state index in [4.69, 9.17) is 21.9 Å². The fourth-order valence-electron chi connectivity index (χ4n) is 11.1. The van der Waals surface area contributed by atoms with Gasteiger partial charge in [-0.05, 0) is 102 Å². The summed E-state index contributed by atoms with van der Waals surface area (Å²) in [6.45, 7) is 9.59. The van der Waals surface area contributed by atoms with Gasteiger partial charge < -0.3 is 116 Å². The fraction of sp³-hybridized carbons (Fsp3) is 0.667. The number of amides is 12. The molecule has 1 aromatic rings. The van der Waals surface area contributed by atoms with Crippen LogP contribution in [-0.4, -0.2) is 271 Å². The van der Waals surface area contributed by atoms with Gasteiger partial charge in [0.25, 0.3) is 0 Å². The topological polar surface area (TPSA) is 630 Å². The van der Waals surface area contributed by atoms with Crippen LogP contribution < -0.4 is 75.7 Å². The number of hydrogen-bond donors (Lipinski definition) is 21. The van der Waals surface area contributed by atoms with Crippen molar-refractivity contribution in [2.75, 3.05) is 50.1 Å². The van der Waals surface area contributed by atoms with Crippen LogP contribution in [0.2, 0.25) is 0 Å². The highest BCUT2D eigenvalue weighted by Gasteiger charge is 2.42. The number of aliphatic carboxylic acids is 3. The predicted molar refractivity (Wildman–Crippen MR) is 402 cm³/mol. The van der Waals surface area contributed by atoms with Gasteiger partial charge in [0.1, 0.15) is 73.1 Å². The number of nitrogens with zero attached hydrogens (tertiary/aromatic N) is 2. The number of thiol groups is 1. The van der Waals surface area contributed by atoms with E-state index in [1.165, 1.54) is 11.8 Å². The number of hydrogen-bond acceptors (Lipinski definition) is 24. The number of carbonyl (C=O) groups excluding carboxylic acids is 13. The molecule has 41 heteroatoms. The second-order valence-corrected chi connectivity index (χ2v) is 28.6. The van der Waals surface area contributed by atoms with Crippen LogP contribution in [0.5, 0.6) is 0 Å². The molecule has 1 heterocycles. The summed E-state index contributed by atoms with van der Waals surface area (Å²) in [5.74, 6) is -18.1. The second kappa shape index (κ2) is 51.1. The number of carboxylic acid groups (broad SMARTS) is 3. The summed E-state index contributed by atoms with van der Waals surface area (Å²) in [6, 6.07) is -11.4.